The predicted molar refractivity (Wildman–Crippen MR) is 88.9 cm³/mol. The number of methoxy groups -OCH3 is 1. The molecule has 2 aromatic carbocycles. The van der Waals surface area contributed by atoms with Gasteiger partial charge < -0.3 is 10.1 Å². The molecule has 0 fully saturated rings. The number of anilines is 1. The number of rotatable bonds is 4. The second kappa shape index (κ2) is 6.84. The second-order valence-electron chi connectivity index (χ2n) is 4.53. The standard InChI is InChI=1S/C16H14BrClN2O/c1-10(13-7-6-12(17)8-14(13)18)20-16-11(9-19)4-3-5-15(16)21-2/h3-8,10,20H,1-2H3. The molecule has 21 heavy (non-hydrogen) atoms. The van der Waals surface area contributed by atoms with Crippen LogP contribution in [0.1, 0.15) is 24.1 Å². The van der Waals surface area contributed by atoms with Crippen LogP contribution in [0.3, 0.4) is 0 Å². The van der Waals surface area contributed by atoms with E-state index in [4.69, 9.17) is 16.3 Å². The molecule has 3 nitrogen and oxygen atoms in total. The van der Waals surface area contributed by atoms with Crippen molar-refractivity contribution in [2.75, 3.05) is 12.4 Å². The molecule has 0 heterocycles. The van der Waals surface area contributed by atoms with Crippen molar-refractivity contribution in [3.8, 4) is 11.8 Å². The van der Waals surface area contributed by atoms with E-state index in [1.54, 1.807) is 19.2 Å². The van der Waals surface area contributed by atoms with Gasteiger partial charge in [-0.1, -0.05) is 39.7 Å². The third-order valence-electron chi connectivity index (χ3n) is 3.16. The first kappa shape index (κ1) is 15.7. The zero-order valence-corrected chi connectivity index (χ0v) is 14.0. The Balaban J connectivity index is 2.36. The summed E-state index contributed by atoms with van der Waals surface area (Å²) in [6.45, 7) is 1.99. The maximum Gasteiger partial charge on any atom is 0.143 e. The minimum absolute atomic E-state index is 0.0611. The summed E-state index contributed by atoms with van der Waals surface area (Å²) in [6.07, 6.45) is 0. The van der Waals surface area contributed by atoms with Crippen molar-refractivity contribution >= 4 is 33.2 Å². The molecule has 0 aliphatic heterocycles. The molecular weight excluding hydrogens is 352 g/mol. The molecule has 0 saturated carbocycles. The Hall–Kier alpha value is -1.70. The smallest absolute Gasteiger partial charge is 0.143 e. The number of halogens is 2. The van der Waals surface area contributed by atoms with Gasteiger partial charge in [0, 0.05) is 9.50 Å². The van der Waals surface area contributed by atoms with Crippen LogP contribution in [0.2, 0.25) is 5.02 Å². The average Bonchev–Trinajstić information content (AvgIpc) is 2.47. The molecule has 0 bridgehead atoms. The lowest BCUT2D eigenvalue weighted by Crippen LogP contribution is -2.09. The molecule has 0 radical (unpaired) electrons. The Labute approximate surface area is 137 Å². The average molecular weight is 366 g/mol. The Bertz CT molecular complexity index is 697. The van der Waals surface area contributed by atoms with Crippen molar-refractivity contribution in [3.05, 3.63) is 57.0 Å². The summed E-state index contributed by atoms with van der Waals surface area (Å²) in [5.74, 6) is 0.633. The van der Waals surface area contributed by atoms with Crippen molar-refractivity contribution in [1.29, 1.82) is 5.26 Å². The molecule has 0 aromatic heterocycles. The molecule has 1 unspecified atom stereocenters. The summed E-state index contributed by atoms with van der Waals surface area (Å²) < 4.78 is 6.25. The van der Waals surface area contributed by atoms with Gasteiger partial charge in [-0.25, -0.2) is 0 Å². The minimum Gasteiger partial charge on any atom is -0.495 e. The van der Waals surface area contributed by atoms with Crippen molar-refractivity contribution in [2.24, 2.45) is 0 Å². The van der Waals surface area contributed by atoms with E-state index in [1.807, 2.05) is 31.2 Å². The lowest BCUT2D eigenvalue weighted by molar-refractivity contribution is 0.416. The van der Waals surface area contributed by atoms with Crippen LogP contribution in [0.25, 0.3) is 0 Å². The molecule has 0 aliphatic rings. The van der Waals surface area contributed by atoms with Crippen LogP contribution in [-0.4, -0.2) is 7.11 Å². The second-order valence-corrected chi connectivity index (χ2v) is 5.85. The monoisotopic (exact) mass is 364 g/mol. The van der Waals surface area contributed by atoms with Crippen molar-refractivity contribution in [3.63, 3.8) is 0 Å². The van der Waals surface area contributed by atoms with Gasteiger partial charge in [-0.3, -0.25) is 0 Å². The molecule has 0 amide bonds. The zero-order valence-electron chi connectivity index (χ0n) is 11.7. The van der Waals surface area contributed by atoms with Gasteiger partial charge in [0.05, 0.1) is 24.4 Å². The largest absolute Gasteiger partial charge is 0.495 e. The molecule has 1 N–H and O–H groups in total. The SMILES string of the molecule is COc1cccc(C#N)c1NC(C)c1ccc(Br)cc1Cl. The van der Waals surface area contributed by atoms with Crippen molar-refractivity contribution < 1.29 is 4.74 Å². The Morgan fingerprint density at radius 1 is 1.33 bits per heavy atom. The van der Waals surface area contributed by atoms with Crippen molar-refractivity contribution in [1.82, 2.24) is 0 Å². The summed E-state index contributed by atoms with van der Waals surface area (Å²) in [4.78, 5) is 0. The number of benzene rings is 2. The summed E-state index contributed by atoms with van der Waals surface area (Å²) in [5.41, 5.74) is 2.16. The van der Waals surface area contributed by atoms with E-state index in [9.17, 15) is 5.26 Å². The molecule has 2 aromatic rings. The maximum atomic E-state index is 9.24. The summed E-state index contributed by atoms with van der Waals surface area (Å²) in [6, 6.07) is 13.2. The normalized spacial score (nSPS) is 11.6. The molecule has 1 atom stereocenters. The highest BCUT2D eigenvalue weighted by molar-refractivity contribution is 9.10. The molecule has 108 valence electrons. The lowest BCUT2D eigenvalue weighted by atomic mass is 10.1. The summed E-state index contributed by atoms with van der Waals surface area (Å²) >= 11 is 9.66. The molecule has 0 spiro atoms. The minimum atomic E-state index is -0.0611. The Morgan fingerprint density at radius 2 is 2.10 bits per heavy atom. The van der Waals surface area contributed by atoms with E-state index in [0.717, 1.165) is 10.0 Å². The van der Waals surface area contributed by atoms with E-state index in [1.165, 1.54) is 0 Å². The first-order valence-corrected chi connectivity index (χ1v) is 7.52. The number of nitrogens with one attached hydrogen (secondary N) is 1. The molecule has 5 heteroatoms. The topological polar surface area (TPSA) is 45.0 Å². The van der Waals surface area contributed by atoms with E-state index < -0.39 is 0 Å². The van der Waals surface area contributed by atoms with Crippen LogP contribution < -0.4 is 10.1 Å². The van der Waals surface area contributed by atoms with Crippen LogP contribution in [0.15, 0.2) is 40.9 Å². The first-order chi connectivity index (χ1) is 10.1. The zero-order chi connectivity index (χ0) is 15.4. The van der Waals surface area contributed by atoms with Crippen LogP contribution in [0.5, 0.6) is 5.75 Å². The number of hydrogen-bond acceptors (Lipinski definition) is 3. The van der Waals surface area contributed by atoms with Gasteiger partial charge in [0.15, 0.2) is 0 Å². The van der Waals surface area contributed by atoms with Crippen molar-refractivity contribution in [2.45, 2.75) is 13.0 Å². The van der Waals surface area contributed by atoms with E-state index in [-0.39, 0.29) is 6.04 Å². The van der Waals surface area contributed by atoms with Gasteiger partial charge >= 0.3 is 0 Å². The number of ether oxygens (including phenoxy) is 1. The predicted octanol–water partition coefficient (Wildman–Crippen LogP) is 5.16. The van der Waals surface area contributed by atoms with Gasteiger partial charge in [-0.05, 0) is 36.8 Å². The fourth-order valence-corrected chi connectivity index (χ4v) is 2.93. The third kappa shape index (κ3) is 3.49. The highest BCUT2D eigenvalue weighted by atomic mass is 79.9. The Morgan fingerprint density at radius 3 is 2.71 bits per heavy atom. The van der Waals surface area contributed by atoms with Crippen LogP contribution >= 0.6 is 27.5 Å². The van der Waals surface area contributed by atoms with E-state index >= 15 is 0 Å². The lowest BCUT2D eigenvalue weighted by Gasteiger charge is -2.20. The number of hydrogen-bond donors (Lipinski definition) is 1. The molecule has 0 saturated heterocycles. The van der Waals surface area contributed by atoms with Gasteiger partial charge in [0.2, 0.25) is 0 Å². The third-order valence-corrected chi connectivity index (χ3v) is 3.98. The van der Waals surface area contributed by atoms with E-state index in [0.29, 0.717) is 22.0 Å². The number of nitrogens with zero attached hydrogens (tertiary/aromatic N) is 1. The van der Waals surface area contributed by atoms with Gasteiger partial charge in [-0.2, -0.15) is 5.26 Å². The first-order valence-electron chi connectivity index (χ1n) is 6.35. The molecule has 0 aliphatic carbocycles. The fraction of sp³-hybridized carbons (Fsp3) is 0.188. The highest BCUT2D eigenvalue weighted by Crippen LogP contribution is 2.33. The van der Waals surface area contributed by atoms with E-state index in [2.05, 4.69) is 27.3 Å². The van der Waals surface area contributed by atoms with Crippen LogP contribution in [0.4, 0.5) is 5.69 Å². The van der Waals surface area contributed by atoms with Gasteiger partial charge in [-0.15, -0.1) is 0 Å². The highest BCUT2D eigenvalue weighted by Gasteiger charge is 2.15. The summed E-state index contributed by atoms with van der Waals surface area (Å²) in [7, 11) is 1.58. The van der Waals surface area contributed by atoms with Gasteiger partial charge in [0.1, 0.15) is 11.8 Å². The maximum absolute atomic E-state index is 9.24. The molecule has 2 rings (SSSR count). The fourth-order valence-electron chi connectivity index (χ4n) is 2.09. The van der Waals surface area contributed by atoms with Gasteiger partial charge in [0.25, 0.3) is 0 Å². The quantitative estimate of drug-likeness (QED) is 0.814. The number of para-hydroxylation sites is 1. The van der Waals surface area contributed by atoms with Crippen LogP contribution in [0, 0.1) is 11.3 Å². The molecular formula is C16H14BrClN2O. The number of nitriles is 1. The summed E-state index contributed by atoms with van der Waals surface area (Å²) in [5, 5.41) is 13.2. The van der Waals surface area contributed by atoms with Crippen LogP contribution in [-0.2, 0) is 0 Å². The Kier molecular flexibility index (Phi) is 5.11.